The number of rotatable bonds is 8. The number of piperazine rings is 1. The molecule has 3 fully saturated rings. The van der Waals surface area contributed by atoms with E-state index >= 15 is 0 Å². The van der Waals surface area contributed by atoms with E-state index in [1.165, 1.54) is 0 Å². The van der Waals surface area contributed by atoms with Gasteiger partial charge in [-0.15, -0.1) is 11.3 Å². The highest BCUT2D eigenvalue weighted by molar-refractivity contribution is 7.14. The van der Waals surface area contributed by atoms with Crippen molar-refractivity contribution >= 4 is 34.1 Å². The summed E-state index contributed by atoms with van der Waals surface area (Å²) in [5.74, 6) is -0.447. The molecule has 3 saturated heterocycles. The van der Waals surface area contributed by atoms with E-state index in [0.717, 1.165) is 48.1 Å². The number of thiazole rings is 1. The van der Waals surface area contributed by atoms with E-state index in [1.54, 1.807) is 28.4 Å². The molecule has 2 aromatic rings. The molecule has 9 nitrogen and oxygen atoms in total. The molecule has 4 heterocycles. The van der Waals surface area contributed by atoms with Gasteiger partial charge >= 0.3 is 0 Å². The monoisotopic (exact) mass is 579 g/mol. The van der Waals surface area contributed by atoms with Crippen LogP contribution in [-0.4, -0.2) is 96.9 Å². The smallest absolute Gasteiger partial charge is 0.251 e. The van der Waals surface area contributed by atoms with Crippen molar-refractivity contribution in [3.05, 3.63) is 46.9 Å². The molecule has 10 heteroatoms. The van der Waals surface area contributed by atoms with Gasteiger partial charge in [0, 0.05) is 55.1 Å². The van der Waals surface area contributed by atoms with Crippen molar-refractivity contribution in [2.24, 2.45) is 11.8 Å². The molecular weight excluding hydrogens is 538 g/mol. The van der Waals surface area contributed by atoms with Gasteiger partial charge in [-0.3, -0.25) is 14.4 Å². The van der Waals surface area contributed by atoms with Crippen LogP contribution in [0, 0.1) is 11.8 Å². The predicted octanol–water partition coefficient (Wildman–Crippen LogP) is 3.47. The second-order valence-corrected chi connectivity index (χ2v) is 12.7. The first-order valence-electron chi connectivity index (χ1n) is 14.5. The lowest BCUT2D eigenvalue weighted by molar-refractivity contribution is -0.138. The van der Waals surface area contributed by atoms with Crippen molar-refractivity contribution in [3.63, 3.8) is 0 Å². The van der Waals surface area contributed by atoms with Crippen molar-refractivity contribution in [3.8, 4) is 11.3 Å². The number of nitrogens with zero attached hydrogens (tertiary/aromatic N) is 4. The zero-order chi connectivity index (χ0) is 29.3. The van der Waals surface area contributed by atoms with E-state index in [-0.39, 0.29) is 42.1 Å². The number of benzene rings is 1. The Kier molecular flexibility index (Phi) is 8.91. The van der Waals surface area contributed by atoms with Crippen LogP contribution in [0.4, 0.5) is 5.13 Å². The Morgan fingerprint density at radius 1 is 1.17 bits per heavy atom. The number of likely N-dealkylation sites (N-methyl/N-ethyl adjacent to an activating group) is 1. The van der Waals surface area contributed by atoms with E-state index < -0.39 is 12.1 Å². The molecule has 41 heavy (non-hydrogen) atoms. The Bertz CT molecular complexity index is 1300. The summed E-state index contributed by atoms with van der Waals surface area (Å²) in [7, 11) is 2.14. The number of hydrogen-bond donors (Lipinski definition) is 1. The Morgan fingerprint density at radius 3 is 2.54 bits per heavy atom. The number of carbonyl (C=O) groups is 3. The standard InChI is InChI=1S/C31H41N5O4S/c1-6-20(4)23-16-36(27-26(37)17-40-28(23)27)30(39)24(15-19(2)3)32-29(38)22-9-7-21(8-10-22)25-18-41-31(33-25)35-13-11-34(5)12-14-35/h6-10,18-19,23-24,27-28H,11-17H2,1-5H3,(H,32,38)/b20-6+. The minimum atomic E-state index is -0.731. The molecular formula is C31H41N5O4S. The first-order valence-corrected chi connectivity index (χ1v) is 15.4. The maximum Gasteiger partial charge on any atom is 0.251 e. The van der Waals surface area contributed by atoms with Gasteiger partial charge in [0.15, 0.2) is 10.9 Å². The van der Waals surface area contributed by atoms with Crippen LogP contribution in [-0.2, 0) is 14.3 Å². The minimum Gasteiger partial charge on any atom is -0.367 e. The third-order valence-corrected chi connectivity index (χ3v) is 9.43. The minimum absolute atomic E-state index is 0.0224. The number of Topliss-reactive ketones (excluding diaryl/α,β-unsaturated/α-hetero) is 1. The largest absolute Gasteiger partial charge is 0.367 e. The van der Waals surface area contributed by atoms with Crippen LogP contribution in [0.25, 0.3) is 11.3 Å². The summed E-state index contributed by atoms with van der Waals surface area (Å²) < 4.78 is 5.82. The zero-order valence-corrected chi connectivity index (χ0v) is 25.4. The highest BCUT2D eigenvalue weighted by atomic mass is 32.1. The molecule has 0 saturated carbocycles. The second kappa shape index (κ2) is 12.4. The molecule has 2 amide bonds. The highest BCUT2D eigenvalue weighted by Crippen LogP contribution is 2.36. The normalized spacial score (nSPS) is 24.2. The highest BCUT2D eigenvalue weighted by Gasteiger charge is 2.53. The van der Waals surface area contributed by atoms with Gasteiger partial charge in [0.2, 0.25) is 5.91 Å². The molecule has 0 radical (unpaired) electrons. The summed E-state index contributed by atoms with van der Waals surface area (Å²) in [4.78, 5) is 51.1. The summed E-state index contributed by atoms with van der Waals surface area (Å²) in [6.07, 6.45) is 2.16. The first kappa shape index (κ1) is 29.4. The second-order valence-electron chi connectivity index (χ2n) is 11.9. The molecule has 4 atom stereocenters. The van der Waals surface area contributed by atoms with Gasteiger partial charge in [0.25, 0.3) is 5.91 Å². The van der Waals surface area contributed by atoms with Gasteiger partial charge in [0.1, 0.15) is 18.7 Å². The molecule has 5 rings (SSSR count). The lowest BCUT2D eigenvalue weighted by Crippen LogP contribution is -2.52. The van der Waals surface area contributed by atoms with Gasteiger partial charge < -0.3 is 24.8 Å². The topological polar surface area (TPSA) is 95.1 Å². The van der Waals surface area contributed by atoms with Gasteiger partial charge in [-0.1, -0.05) is 37.6 Å². The van der Waals surface area contributed by atoms with E-state index in [0.29, 0.717) is 18.5 Å². The van der Waals surface area contributed by atoms with Gasteiger partial charge in [-0.2, -0.15) is 0 Å². The molecule has 4 unspecified atom stereocenters. The number of ether oxygens (including phenoxy) is 1. The third-order valence-electron chi connectivity index (χ3n) is 8.53. The fraction of sp³-hybridized carbons (Fsp3) is 0.548. The van der Waals surface area contributed by atoms with Gasteiger partial charge in [-0.25, -0.2) is 4.98 Å². The van der Waals surface area contributed by atoms with Gasteiger partial charge in [0.05, 0.1) is 11.8 Å². The quantitative estimate of drug-likeness (QED) is 0.479. The predicted molar refractivity (Wildman–Crippen MR) is 161 cm³/mol. The number of ketones is 1. The number of nitrogens with one attached hydrogen (secondary N) is 1. The number of hydrogen-bond acceptors (Lipinski definition) is 8. The van der Waals surface area contributed by atoms with Crippen LogP contribution in [0.15, 0.2) is 41.3 Å². The molecule has 1 aromatic heterocycles. The van der Waals surface area contributed by atoms with E-state index in [2.05, 4.69) is 27.5 Å². The van der Waals surface area contributed by atoms with E-state index in [1.807, 2.05) is 45.9 Å². The first-order chi connectivity index (χ1) is 19.7. The number of amides is 2. The maximum atomic E-state index is 13.9. The summed E-state index contributed by atoms with van der Waals surface area (Å²) in [6.45, 7) is 12.4. The summed E-state index contributed by atoms with van der Waals surface area (Å²) in [5.41, 5.74) is 3.42. The Hall–Kier alpha value is -3.08. The molecule has 1 aromatic carbocycles. The average Bonchev–Trinajstić information content (AvgIpc) is 3.69. The van der Waals surface area contributed by atoms with Crippen molar-refractivity contribution in [1.29, 1.82) is 0 Å². The van der Waals surface area contributed by atoms with Crippen LogP contribution < -0.4 is 10.2 Å². The number of allylic oxidation sites excluding steroid dienone is 1. The molecule has 0 aliphatic carbocycles. The number of anilines is 1. The van der Waals surface area contributed by atoms with Crippen molar-refractivity contribution in [2.45, 2.75) is 52.3 Å². The SMILES string of the molecule is C/C=C(\C)C1CN(C(=O)C(CC(C)C)NC(=O)c2ccc(-c3csc(N4CCN(C)CC4)n3)cc2)C2C(=O)COC12. The number of aromatic nitrogens is 1. The van der Waals surface area contributed by atoms with Crippen molar-refractivity contribution in [2.75, 3.05) is 51.3 Å². The van der Waals surface area contributed by atoms with Crippen LogP contribution in [0.2, 0.25) is 0 Å². The fourth-order valence-electron chi connectivity index (χ4n) is 5.97. The van der Waals surface area contributed by atoms with Crippen LogP contribution >= 0.6 is 11.3 Å². The lowest BCUT2D eigenvalue weighted by atomic mass is 9.94. The van der Waals surface area contributed by atoms with E-state index in [4.69, 9.17) is 9.72 Å². The Labute approximate surface area is 246 Å². The zero-order valence-electron chi connectivity index (χ0n) is 24.6. The molecule has 0 bridgehead atoms. The summed E-state index contributed by atoms with van der Waals surface area (Å²) in [5, 5.41) is 6.06. The molecule has 220 valence electrons. The Morgan fingerprint density at radius 2 is 1.88 bits per heavy atom. The lowest BCUT2D eigenvalue weighted by Gasteiger charge is -2.32. The van der Waals surface area contributed by atoms with Crippen molar-refractivity contribution < 1.29 is 19.1 Å². The molecule has 3 aliphatic heterocycles. The summed E-state index contributed by atoms with van der Waals surface area (Å²) in [6, 6.07) is 6.04. The van der Waals surface area contributed by atoms with Crippen LogP contribution in [0.1, 0.15) is 44.5 Å². The van der Waals surface area contributed by atoms with E-state index in [9.17, 15) is 14.4 Å². The third kappa shape index (κ3) is 6.24. The number of likely N-dealkylation sites (tertiary alicyclic amines) is 1. The average molecular weight is 580 g/mol. The molecule has 0 spiro atoms. The van der Waals surface area contributed by atoms with Crippen LogP contribution in [0.3, 0.4) is 0 Å². The Balaban J connectivity index is 1.28. The maximum absolute atomic E-state index is 13.9. The molecule has 1 N–H and O–H groups in total. The summed E-state index contributed by atoms with van der Waals surface area (Å²) >= 11 is 1.64. The fourth-order valence-corrected chi connectivity index (χ4v) is 6.85. The van der Waals surface area contributed by atoms with Gasteiger partial charge in [-0.05, 0) is 45.4 Å². The number of fused-ring (bicyclic) bond motifs is 1. The molecule has 3 aliphatic rings. The van der Waals surface area contributed by atoms with Crippen molar-refractivity contribution in [1.82, 2.24) is 20.1 Å². The number of carbonyl (C=O) groups excluding carboxylic acids is 3. The van der Waals surface area contributed by atoms with Crippen LogP contribution in [0.5, 0.6) is 0 Å².